The Kier molecular flexibility index (Phi) is 5.99. The first-order valence-electron chi connectivity index (χ1n) is 5.36. The lowest BCUT2D eigenvalue weighted by Gasteiger charge is -2.30. The number of piperidine rings is 1. The summed E-state index contributed by atoms with van der Waals surface area (Å²) in [5, 5.41) is 3.27. The van der Waals surface area contributed by atoms with Gasteiger partial charge in [0, 0.05) is 6.04 Å². The lowest BCUT2D eigenvalue weighted by Crippen LogP contribution is -2.42. The molecule has 2 unspecified atom stereocenters. The molecular formula is C11H23ClFN. The molecule has 1 N–H and O–H groups in total. The highest BCUT2D eigenvalue weighted by molar-refractivity contribution is 5.85. The van der Waals surface area contributed by atoms with Crippen molar-refractivity contribution in [2.75, 3.05) is 6.54 Å². The SMILES string of the molecule is CC(C)(C)CC(F)C1CCCCN1.Cl. The molecule has 3 heteroatoms. The molecule has 0 aromatic carbocycles. The number of hydrogen-bond donors (Lipinski definition) is 1. The molecule has 0 spiro atoms. The van der Waals surface area contributed by atoms with Crippen molar-refractivity contribution in [3.05, 3.63) is 0 Å². The Balaban J connectivity index is 0.00000169. The van der Waals surface area contributed by atoms with Gasteiger partial charge < -0.3 is 5.32 Å². The van der Waals surface area contributed by atoms with Crippen molar-refractivity contribution in [1.82, 2.24) is 5.32 Å². The van der Waals surface area contributed by atoms with Crippen LogP contribution in [0, 0.1) is 5.41 Å². The van der Waals surface area contributed by atoms with Gasteiger partial charge in [-0.15, -0.1) is 12.4 Å². The summed E-state index contributed by atoms with van der Waals surface area (Å²) < 4.78 is 13.7. The van der Waals surface area contributed by atoms with E-state index in [2.05, 4.69) is 26.1 Å². The van der Waals surface area contributed by atoms with E-state index in [1.165, 1.54) is 12.8 Å². The average Bonchev–Trinajstić information content (AvgIpc) is 2.03. The molecular weight excluding hydrogens is 201 g/mol. The molecule has 0 aromatic heterocycles. The zero-order valence-corrected chi connectivity index (χ0v) is 10.3. The zero-order valence-electron chi connectivity index (χ0n) is 9.48. The highest BCUT2D eigenvalue weighted by atomic mass is 35.5. The third-order valence-electron chi connectivity index (χ3n) is 2.59. The van der Waals surface area contributed by atoms with E-state index in [0.717, 1.165) is 13.0 Å². The molecule has 0 aliphatic carbocycles. The van der Waals surface area contributed by atoms with Crippen LogP contribution < -0.4 is 5.32 Å². The molecule has 1 fully saturated rings. The molecule has 1 aliphatic heterocycles. The molecule has 2 atom stereocenters. The number of rotatable bonds is 2. The first-order chi connectivity index (χ1) is 5.99. The average molecular weight is 224 g/mol. The van der Waals surface area contributed by atoms with Crippen LogP contribution in [0.4, 0.5) is 4.39 Å². The van der Waals surface area contributed by atoms with E-state index in [-0.39, 0.29) is 23.9 Å². The Labute approximate surface area is 93.3 Å². The standard InChI is InChI=1S/C11H22FN.ClH/c1-11(2,3)8-9(12)10-6-4-5-7-13-10;/h9-10,13H,4-8H2,1-3H3;1H. The number of alkyl halides is 1. The molecule has 1 saturated heterocycles. The third-order valence-corrected chi connectivity index (χ3v) is 2.59. The van der Waals surface area contributed by atoms with E-state index < -0.39 is 6.17 Å². The number of halogens is 2. The van der Waals surface area contributed by atoms with Crippen molar-refractivity contribution >= 4 is 12.4 Å². The van der Waals surface area contributed by atoms with E-state index in [9.17, 15) is 4.39 Å². The summed E-state index contributed by atoms with van der Waals surface area (Å²) >= 11 is 0. The van der Waals surface area contributed by atoms with Crippen molar-refractivity contribution < 1.29 is 4.39 Å². The summed E-state index contributed by atoms with van der Waals surface area (Å²) in [6.07, 6.45) is 3.41. The van der Waals surface area contributed by atoms with Gasteiger partial charge in [0.05, 0.1) is 0 Å². The molecule has 0 amide bonds. The van der Waals surface area contributed by atoms with Gasteiger partial charge in [-0.1, -0.05) is 27.2 Å². The predicted octanol–water partition coefficient (Wildman–Crippen LogP) is 3.32. The molecule has 0 radical (unpaired) electrons. The molecule has 14 heavy (non-hydrogen) atoms. The smallest absolute Gasteiger partial charge is 0.116 e. The molecule has 1 heterocycles. The van der Waals surface area contributed by atoms with Crippen molar-refractivity contribution in [3.63, 3.8) is 0 Å². The van der Waals surface area contributed by atoms with E-state index >= 15 is 0 Å². The van der Waals surface area contributed by atoms with Gasteiger partial charge in [0.15, 0.2) is 0 Å². The second-order valence-corrected chi connectivity index (χ2v) is 5.34. The van der Waals surface area contributed by atoms with Crippen molar-refractivity contribution in [3.8, 4) is 0 Å². The van der Waals surface area contributed by atoms with Crippen molar-refractivity contribution in [2.45, 2.75) is 58.7 Å². The lowest BCUT2D eigenvalue weighted by molar-refractivity contribution is 0.158. The zero-order chi connectivity index (χ0) is 9.90. The van der Waals surface area contributed by atoms with Gasteiger partial charge in [-0.3, -0.25) is 0 Å². The largest absolute Gasteiger partial charge is 0.311 e. The topological polar surface area (TPSA) is 12.0 Å². The Morgan fingerprint density at radius 1 is 1.36 bits per heavy atom. The quantitative estimate of drug-likeness (QED) is 0.758. The van der Waals surface area contributed by atoms with E-state index in [0.29, 0.717) is 6.42 Å². The Morgan fingerprint density at radius 2 is 2.00 bits per heavy atom. The maximum Gasteiger partial charge on any atom is 0.116 e. The van der Waals surface area contributed by atoms with Crippen LogP contribution in [-0.2, 0) is 0 Å². The maximum absolute atomic E-state index is 13.7. The first kappa shape index (κ1) is 14.2. The molecule has 1 nitrogen and oxygen atoms in total. The van der Waals surface area contributed by atoms with Crippen molar-refractivity contribution in [1.29, 1.82) is 0 Å². The third kappa shape index (κ3) is 5.16. The first-order valence-corrected chi connectivity index (χ1v) is 5.36. The normalized spacial score (nSPS) is 25.3. The van der Waals surface area contributed by atoms with Crippen LogP contribution in [0.5, 0.6) is 0 Å². The summed E-state index contributed by atoms with van der Waals surface area (Å²) in [4.78, 5) is 0. The predicted molar refractivity (Wildman–Crippen MR) is 61.9 cm³/mol. The van der Waals surface area contributed by atoms with Crippen molar-refractivity contribution in [2.24, 2.45) is 5.41 Å². The van der Waals surface area contributed by atoms with Gasteiger partial charge in [0.25, 0.3) is 0 Å². The van der Waals surface area contributed by atoms with Gasteiger partial charge in [-0.05, 0) is 31.2 Å². The summed E-state index contributed by atoms with van der Waals surface area (Å²) in [6, 6.07) is 0.118. The fourth-order valence-corrected chi connectivity index (χ4v) is 1.91. The second kappa shape index (κ2) is 5.92. The minimum absolute atomic E-state index is 0. The fourth-order valence-electron chi connectivity index (χ4n) is 1.91. The van der Waals surface area contributed by atoms with Crippen LogP contribution >= 0.6 is 12.4 Å². The molecule has 0 bridgehead atoms. The summed E-state index contributed by atoms with van der Waals surface area (Å²) in [5.41, 5.74) is 0.110. The van der Waals surface area contributed by atoms with Gasteiger partial charge in [-0.2, -0.15) is 0 Å². The molecule has 1 aliphatic rings. The Bertz CT molecular complexity index is 150. The molecule has 1 rings (SSSR count). The number of nitrogens with one attached hydrogen (secondary N) is 1. The van der Waals surface area contributed by atoms with Crippen LogP contribution in [0.1, 0.15) is 46.5 Å². The van der Waals surface area contributed by atoms with Crippen LogP contribution in [0.15, 0.2) is 0 Å². The van der Waals surface area contributed by atoms with Gasteiger partial charge in [-0.25, -0.2) is 4.39 Å². The number of hydrogen-bond acceptors (Lipinski definition) is 1. The molecule has 0 saturated carbocycles. The highest BCUT2D eigenvalue weighted by Crippen LogP contribution is 2.26. The highest BCUT2D eigenvalue weighted by Gasteiger charge is 2.26. The van der Waals surface area contributed by atoms with Gasteiger partial charge in [0.2, 0.25) is 0 Å². The molecule has 86 valence electrons. The summed E-state index contributed by atoms with van der Waals surface area (Å²) in [6.45, 7) is 7.29. The van der Waals surface area contributed by atoms with Crippen LogP contribution in [0.3, 0.4) is 0 Å². The summed E-state index contributed by atoms with van der Waals surface area (Å²) in [7, 11) is 0. The molecule has 0 aromatic rings. The van der Waals surface area contributed by atoms with Gasteiger partial charge >= 0.3 is 0 Å². The van der Waals surface area contributed by atoms with Crippen LogP contribution in [0.2, 0.25) is 0 Å². The van der Waals surface area contributed by atoms with E-state index in [4.69, 9.17) is 0 Å². The Hall–Kier alpha value is 0.180. The minimum atomic E-state index is -0.666. The van der Waals surface area contributed by atoms with Crippen LogP contribution in [0.25, 0.3) is 0 Å². The van der Waals surface area contributed by atoms with E-state index in [1.54, 1.807) is 0 Å². The monoisotopic (exact) mass is 223 g/mol. The fraction of sp³-hybridized carbons (Fsp3) is 1.00. The maximum atomic E-state index is 13.7. The second-order valence-electron chi connectivity index (χ2n) is 5.34. The Morgan fingerprint density at radius 3 is 2.43 bits per heavy atom. The van der Waals surface area contributed by atoms with Gasteiger partial charge in [0.1, 0.15) is 6.17 Å². The minimum Gasteiger partial charge on any atom is -0.311 e. The van der Waals surface area contributed by atoms with Crippen LogP contribution in [-0.4, -0.2) is 18.8 Å². The van der Waals surface area contributed by atoms with E-state index in [1.807, 2.05) is 0 Å². The lowest BCUT2D eigenvalue weighted by atomic mass is 9.86. The summed E-state index contributed by atoms with van der Waals surface area (Å²) in [5.74, 6) is 0.